The van der Waals surface area contributed by atoms with Gasteiger partial charge in [-0.25, -0.2) is 4.98 Å². The van der Waals surface area contributed by atoms with Crippen LogP contribution in [0.1, 0.15) is 56.9 Å². The van der Waals surface area contributed by atoms with Crippen molar-refractivity contribution in [3.8, 4) is 0 Å². The van der Waals surface area contributed by atoms with Gasteiger partial charge in [-0.1, -0.05) is 27.2 Å². The molecule has 136 valence electrons. The van der Waals surface area contributed by atoms with E-state index in [1.165, 1.54) is 34.2 Å². The highest BCUT2D eigenvalue weighted by molar-refractivity contribution is 7.18. The van der Waals surface area contributed by atoms with Crippen LogP contribution in [0.3, 0.4) is 0 Å². The number of aromatic nitrogens is 2. The molecule has 2 aromatic heterocycles. The molecule has 0 fully saturated rings. The monoisotopic (exact) mass is 361 g/mol. The number of nitrogens with zero attached hydrogens (tertiary/aromatic N) is 2. The zero-order chi connectivity index (χ0) is 18.0. The van der Waals surface area contributed by atoms with E-state index in [0.29, 0.717) is 6.54 Å². The molecule has 2 aromatic rings. The molecular weight excluding hydrogens is 334 g/mol. The number of aryl methyl sites for hydroxylation is 2. The predicted molar refractivity (Wildman–Crippen MR) is 102 cm³/mol. The van der Waals surface area contributed by atoms with Crippen LogP contribution in [0, 0.1) is 5.41 Å². The van der Waals surface area contributed by atoms with E-state index in [1.807, 2.05) is 0 Å². The van der Waals surface area contributed by atoms with Gasteiger partial charge in [0.2, 0.25) is 5.91 Å². The first kappa shape index (κ1) is 18.1. The van der Waals surface area contributed by atoms with Crippen LogP contribution in [0.4, 0.5) is 0 Å². The number of carbonyl (C=O) groups is 1. The highest BCUT2D eigenvalue weighted by atomic mass is 32.1. The van der Waals surface area contributed by atoms with Crippen molar-refractivity contribution in [3.63, 3.8) is 0 Å². The van der Waals surface area contributed by atoms with Gasteiger partial charge < -0.3 is 5.32 Å². The molecule has 0 spiro atoms. The van der Waals surface area contributed by atoms with Crippen LogP contribution in [0.25, 0.3) is 10.2 Å². The van der Waals surface area contributed by atoms with Gasteiger partial charge in [0.25, 0.3) is 5.56 Å². The summed E-state index contributed by atoms with van der Waals surface area (Å²) < 4.78 is 1.45. The number of nitrogens with one attached hydrogen (secondary N) is 1. The average molecular weight is 362 g/mol. The first-order valence-corrected chi connectivity index (χ1v) is 9.93. The molecule has 25 heavy (non-hydrogen) atoms. The third kappa shape index (κ3) is 4.29. The molecular formula is C19H27N3O2S. The molecule has 3 rings (SSSR count). The second kappa shape index (κ2) is 7.28. The van der Waals surface area contributed by atoms with Gasteiger partial charge in [0, 0.05) is 11.4 Å². The molecule has 2 heterocycles. The van der Waals surface area contributed by atoms with Crippen molar-refractivity contribution in [1.82, 2.24) is 14.9 Å². The second-order valence-electron chi connectivity index (χ2n) is 8.08. The van der Waals surface area contributed by atoms with Crippen LogP contribution in [0.2, 0.25) is 0 Å². The van der Waals surface area contributed by atoms with E-state index in [0.717, 1.165) is 35.9 Å². The van der Waals surface area contributed by atoms with Crippen LogP contribution in [0.15, 0.2) is 11.1 Å². The Morgan fingerprint density at radius 2 is 2.04 bits per heavy atom. The first-order valence-electron chi connectivity index (χ1n) is 9.11. The van der Waals surface area contributed by atoms with Gasteiger partial charge in [-0.05, 0) is 43.1 Å². The van der Waals surface area contributed by atoms with Crippen molar-refractivity contribution in [2.75, 3.05) is 6.54 Å². The minimum Gasteiger partial charge on any atom is -0.355 e. The third-order valence-electron chi connectivity index (χ3n) is 4.70. The fourth-order valence-corrected chi connectivity index (χ4v) is 4.48. The van der Waals surface area contributed by atoms with E-state index in [-0.39, 0.29) is 23.4 Å². The zero-order valence-corrected chi connectivity index (χ0v) is 16.2. The normalized spacial score (nSPS) is 15.0. The number of hydrogen-bond donors (Lipinski definition) is 1. The van der Waals surface area contributed by atoms with Gasteiger partial charge in [0.1, 0.15) is 11.4 Å². The van der Waals surface area contributed by atoms with Crippen molar-refractivity contribution in [3.05, 3.63) is 27.1 Å². The second-order valence-corrected chi connectivity index (χ2v) is 9.17. The van der Waals surface area contributed by atoms with Crippen LogP contribution >= 0.6 is 11.3 Å². The van der Waals surface area contributed by atoms with E-state index < -0.39 is 0 Å². The Hall–Kier alpha value is -1.69. The quantitative estimate of drug-likeness (QED) is 0.850. The number of carbonyl (C=O) groups excluding carboxylic acids is 1. The van der Waals surface area contributed by atoms with Gasteiger partial charge in [0.05, 0.1) is 11.7 Å². The molecule has 1 amide bonds. The van der Waals surface area contributed by atoms with E-state index in [9.17, 15) is 9.59 Å². The van der Waals surface area contributed by atoms with Crippen LogP contribution in [-0.2, 0) is 24.2 Å². The lowest BCUT2D eigenvalue weighted by Gasteiger charge is -2.18. The van der Waals surface area contributed by atoms with E-state index >= 15 is 0 Å². The van der Waals surface area contributed by atoms with Crippen molar-refractivity contribution >= 4 is 27.5 Å². The number of amides is 1. The zero-order valence-electron chi connectivity index (χ0n) is 15.4. The summed E-state index contributed by atoms with van der Waals surface area (Å²) in [6.07, 6.45) is 7.95. The molecule has 6 heteroatoms. The number of rotatable bonds is 4. The van der Waals surface area contributed by atoms with Gasteiger partial charge in [-0.15, -0.1) is 11.3 Å². The Kier molecular flexibility index (Phi) is 5.27. The van der Waals surface area contributed by atoms with Crippen LogP contribution < -0.4 is 10.9 Å². The molecule has 0 atom stereocenters. The maximum Gasteiger partial charge on any atom is 0.262 e. The summed E-state index contributed by atoms with van der Waals surface area (Å²) in [6, 6.07) is 0. The Labute approximate surface area is 152 Å². The predicted octanol–water partition coefficient (Wildman–Crippen LogP) is 3.28. The van der Waals surface area contributed by atoms with Gasteiger partial charge in [0.15, 0.2) is 0 Å². The van der Waals surface area contributed by atoms with Crippen LogP contribution in [-0.4, -0.2) is 22.0 Å². The molecule has 0 radical (unpaired) electrons. The van der Waals surface area contributed by atoms with Crippen molar-refractivity contribution < 1.29 is 4.79 Å². The van der Waals surface area contributed by atoms with Gasteiger partial charge in [-0.2, -0.15) is 0 Å². The van der Waals surface area contributed by atoms with Crippen molar-refractivity contribution in [2.45, 2.75) is 65.8 Å². The highest BCUT2D eigenvalue weighted by Gasteiger charge is 2.19. The number of thiophene rings is 1. The number of fused-ring (bicyclic) bond motifs is 3. The lowest BCUT2D eigenvalue weighted by molar-refractivity contribution is -0.121. The van der Waals surface area contributed by atoms with Crippen molar-refractivity contribution in [2.24, 2.45) is 5.41 Å². The minimum atomic E-state index is -0.131. The summed E-state index contributed by atoms with van der Waals surface area (Å²) >= 11 is 1.65. The van der Waals surface area contributed by atoms with Crippen molar-refractivity contribution in [1.29, 1.82) is 0 Å². The SMILES string of the molecule is CC(C)(C)CCNC(=O)Cn1cnc2sc3c(c2c1=O)CCCCC3. The highest BCUT2D eigenvalue weighted by Crippen LogP contribution is 2.32. The van der Waals surface area contributed by atoms with E-state index in [4.69, 9.17) is 0 Å². The fourth-order valence-electron chi connectivity index (χ4n) is 3.26. The lowest BCUT2D eigenvalue weighted by Crippen LogP contribution is -2.34. The maximum atomic E-state index is 12.9. The summed E-state index contributed by atoms with van der Waals surface area (Å²) in [5.41, 5.74) is 1.28. The smallest absolute Gasteiger partial charge is 0.262 e. The number of hydrogen-bond acceptors (Lipinski definition) is 4. The largest absolute Gasteiger partial charge is 0.355 e. The topological polar surface area (TPSA) is 64.0 Å². The first-order chi connectivity index (χ1) is 11.8. The molecule has 1 aliphatic carbocycles. The third-order valence-corrected chi connectivity index (χ3v) is 5.90. The summed E-state index contributed by atoms with van der Waals surface area (Å²) in [5.74, 6) is -0.131. The van der Waals surface area contributed by atoms with E-state index in [2.05, 4.69) is 31.1 Å². The molecule has 0 aromatic carbocycles. The maximum absolute atomic E-state index is 12.9. The summed E-state index contributed by atoms with van der Waals surface area (Å²) in [4.78, 5) is 31.6. The summed E-state index contributed by atoms with van der Waals surface area (Å²) in [6.45, 7) is 7.09. The molecule has 1 aliphatic rings. The fraction of sp³-hybridized carbons (Fsp3) is 0.632. The van der Waals surface area contributed by atoms with Gasteiger partial charge in [-0.3, -0.25) is 14.2 Å². The Morgan fingerprint density at radius 1 is 1.28 bits per heavy atom. The molecule has 0 aliphatic heterocycles. The standard InChI is InChI=1S/C19H27N3O2S/c1-19(2,3)9-10-20-15(23)11-22-12-21-17-16(18(22)24)13-7-5-4-6-8-14(13)25-17/h12H,4-11H2,1-3H3,(H,20,23). The Morgan fingerprint density at radius 3 is 2.80 bits per heavy atom. The van der Waals surface area contributed by atoms with Crippen LogP contribution in [0.5, 0.6) is 0 Å². The molecule has 5 nitrogen and oxygen atoms in total. The average Bonchev–Trinajstić information content (AvgIpc) is 2.71. The molecule has 0 bridgehead atoms. The van der Waals surface area contributed by atoms with Gasteiger partial charge >= 0.3 is 0 Å². The molecule has 1 N–H and O–H groups in total. The summed E-state index contributed by atoms with van der Waals surface area (Å²) in [7, 11) is 0. The minimum absolute atomic E-state index is 0.0382. The lowest BCUT2D eigenvalue weighted by atomic mass is 9.92. The Bertz CT molecular complexity index is 830. The Balaban J connectivity index is 1.78. The summed E-state index contributed by atoms with van der Waals surface area (Å²) in [5, 5.41) is 3.65. The molecule has 0 unspecified atom stereocenters. The molecule has 0 saturated carbocycles. The van der Waals surface area contributed by atoms with E-state index in [1.54, 1.807) is 11.3 Å². The molecule has 0 saturated heterocycles.